The number of carbonyl (C=O) groups excluding carboxylic acids is 1. The summed E-state index contributed by atoms with van der Waals surface area (Å²) in [6.07, 6.45) is 0. The maximum absolute atomic E-state index is 13.9. The van der Waals surface area contributed by atoms with Gasteiger partial charge in [-0.3, -0.25) is 9.59 Å². The number of hydrogen-bond donors (Lipinski definition) is 0. The van der Waals surface area contributed by atoms with Crippen LogP contribution in [0.25, 0.3) is 11.0 Å². The van der Waals surface area contributed by atoms with E-state index in [1.165, 1.54) is 21.3 Å². The number of benzene rings is 3. The molecule has 4 aromatic rings. The molecule has 5 rings (SSSR count). The first kappa shape index (κ1) is 24.2. The van der Waals surface area contributed by atoms with Gasteiger partial charge in [-0.1, -0.05) is 23.8 Å². The van der Waals surface area contributed by atoms with Crippen molar-refractivity contribution in [2.24, 2.45) is 0 Å². The molecule has 0 fully saturated rings. The normalized spacial score (nSPS) is 14.6. The monoisotopic (exact) mass is 501 g/mol. The second kappa shape index (κ2) is 9.54. The van der Waals surface area contributed by atoms with E-state index in [1.54, 1.807) is 36.3 Å². The molecule has 8 heteroatoms. The number of methoxy groups -OCH3 is 4. The molecule has 8 nitrogen and oxygen atoms in total. The lowest BCUT2D eigenvalue weighted by molar-refractivity contribution is 0.0714. The van der Waals surface area contributed by atoms with Gasteiger partial charge in [-0.25, -0.2) is 0 Å². The van der Waals surface area contributed by atoms with Crippen molar-refractivity contribution in [3.63, 3.8) is 0 Å². The summed E-state index contributed by atoms with van der Waals surface area (Å²) in [6.45, 7) is 2.15. The van der Waals surface area contributed by atoms with E-state index < -0.39 is 6.04 Å². The molecule has 1 aliphatic rings. The van der Waals surface area contributed by atoms with E-state index in [9.17, 15) is 9.59 Å². The lowest BCUT2D eigenvalue weighted by Crippen LogP contribution is -2.29. The molecular weight excluding hydrogens is 474 g/mol. The highest BCUT2D eigenvalue weighted by Gasteiger charge is 2.43. The Bertz CT molecular complexity index is 1530. The lowest BCUT2D eigenvalue weighted by atomic mass is 9.97. The Balaban J connectivity index is 1.74. The lowest BCUT2D eigenvalue weighted by Gasteiger charge is -2.26. The molecule has 37 heavy (non-hydrogen) atoms. The minimum absolute atomic E-state index is 0.0358. The molecule has 0 N–H and O–H groups in total. The number of nitrogens with zero attached hydrogens (tertiary/aromatic N) is 1. The Hall–Kier alpha value is -4.46. The van der Waals surface area contributed by atoms with Crippen LogP contribution in [0.5, 0.6) is 23.0 Å². The number of ether oxygens (including phenoxy) is 4. The van der Waals surface area contributed by atoms with Crippen LogP contribution < -0.4 is 24.4 Å². The minimum Gasteiger partial charge on any atom is -0.497 e. The predicted octanol–water partition coefficient (Wildman–Crippen LogP) is 4.88. The quantitative estimate of drug-likeness (QED) is 0.357. The summed E-state index contributed by atoms with van der Waals surface area (Å²) in [7, 11) is 6.16. The average molecular weight is 502 g/mol. The third-order valence-corrected chi connectivity index (χ3v) is 6.64. The summed E-state index contributed by atoms with van der Waals surface area (Å²) >= 11 is 0. The third-order valence-electron chi connectivity index (χ3n) is 6.64. The summed E-state index contributed by atoms with van der Waals surface area (Å²) < 4.78 is 27.9. The number of fused-ring (bicyclic) bond motifs is 2. The second-order valence-corrected chi connectivity index (χ2v) is 8.82. The van der Waals surface area contributed by atoms with E-state index >= 15 is 0 Å². The van der Waals surface area contributed by atoms with Crippen molar-refractivity contribution < 1.29 is 28.2 Å². The first-order valence-corrected chi connectivity index (χ1v) is 11.7. The Morgan fingerprint density at radius 1 is 0.838 bits per heavy atom. The summed E-state index contributed by atoms with van der Waals surface area (Å²) in [4.78, 5) is 29.3. The molecule has 1 atom stereocenters. The van der Waals surface area contributed by atoms with Gasteiger partial charge < -0.3 is 28.3 Å². The Morgan fingerprint density at radius 2 is 1.51 bits per heavy atom. The van der Waals surface area contributed by atoms with Gasteiger partial charge in [-0.2, -0.15) is 0 Å². The molecule has 0 aliphatic carbocycles. The van der Waals surface area contributed by atoms with Crippen LogP contribution in [-0.4, -0.2) is 39.2 Å². The SMILES string of the molecule is COc1ccc(CN2C(=O)c3oc4ccc(C)cc4c(=O)c3[C@@H]2c2cc(OC)c(OC)c(OC)c2)cc1. The fourth-order valence-corrected chi connectivity index (χ4v) is 4.83. The molecule has 2 heterocycles. The van der Waals surface area contributed by atoms with Crippen molar-refractivity contribution in [1.82, 2.24) is 4.90 Å². The second-order valence-electron chi connectivity index (χ2n) is 8.82. The van der Waals surface area contributed by atoms with Crippen LogP contribution >= 0.6 is 0 Å². The van der Waals surface area contributed by atoms with Crippen LogP contribution in [0, 0.1) is 6.92 Å². The van der Waals surface area contributed by atoms with Crippen LogP contribution in [0.4, 0.5) is 0 Å². The molecule has 0 bridgehead atoms. The van der Waals surface area contributed by atoms with Gasteiger partial charge >= 0.3 is 0 Å². The number of aryl methyl sites for hydroxylation is 1. The van der Waals surface area contributed by atoms with Crippen LogP contribution in [0.1, 0.15) is 38.9 Å². The zero-order valence-electron chi connectivity index (χ0n) is 21.3. The zero-order chi connectivity index (χ0) is 26.3. The van der Waals surface area contributed by atoms with Crippen LogP contribution in [0.15, 0.2) is 63.8 Å². The van der Waals surface area contributed by atoms with Crippen molar-refractivity contribution in [3.8, 4) is 23.0 Å². The number of carbonyl (C=O) groups is 1. The van der Waals surface area contributed by atoms with Crippen LogP contribution in [-0.2, 0) is 6.54 Å². The molecule has 3 aromatic carbocycles. The Kier molecular flexibility index (Phi) is 6.25. The fourth-order valence-electron chi connectivity index (χ4n) is 4.83. The maximum Gasteiger partial charge on any atom is 0.291 e. The molecule has 0 saturated heterocycles. The Morgan fingerprint density at radius 3 is 2.11 bits per heavy atom. The number of amides is 1. The number of rotatable bonds is 7. The summed E-state index contributed by atoms with van der Waals surface area (Å²) in [5, 5.41) is 0.426. The molecule has 1 amide bonds. The van der Waals surface area contributed by atoms with E-state index in [0.717, 1.165) is 11.1 Å². The van der Waals surface area contributed by atoms with Crippen LogP contribution in [0.2, 0.25) is 0 Å². The zero-order valence-corrected chi connectivity index (χ0v) is 21.3. The molecule has 0 radical (unpaired) electrons. The molecule has 0 unspecified atom stereocenters. The van der Waals surface area contributed by atoms with Crippen molar-refractivity contribution in [1.29, 1.82) is 0 Å². The summed E-state index contributed by atoms with van der Waals surface area (Å²) in [5.41, 5.74) is 2.83. The standard InChI is InChI=1S/C29H27NO7/c1-16-6-11-21-20(12-16)26(31)24-25(18-13-22(34-3)27(36-5)23(14-18)35-4)30(29(32)28(24)37-21)15-17-7-9-19(33-2)10-8-17/h6-14,25H,15H2,1-5H3/t25-/m0/s1. The van der Waals surface area contributed by atoms with E-state index in [0.29, 0.717) is 39.5 Å². The molecular formula is C29H27NO7. The van der Waals surface area contributed by atoms with Gasteiger partial charge in [0.15, 0.2) is 16.9 Å². The topological polar surface area (TPSA) is 87.4 Å². The van der Waals surface area contributed by atoms with E-state index in [2.05, 4.69) is 0 Å². The smallest absolute Gasteiger partial charge is 0.291 e. The van der Waals surface area contributed by atoms with Crippen molar-refractivity contribution in [2.45, 2.75) is 19.5 Å². The molecule has 190 valence electrons. The van der Waals surface area contributed by atoms with Gasteiger partial charge in [-0.05, 0) is 54.4 Å². The number of hydrogen-bond acceptors (Lipinski definition) is 7. The van der Waals surface area contributed by atoms with Crippen LogP contribution in [0.3, 0.4) is 0 Å². The Labute approximate surface area is 213 Å². The first-order valence-electron chi connectivity index (χ1n) is 11.7. The molecule has 0 spiro atoms. The maximum atomic E-state index is 13.9. The van der Waals surface area contributed by atoms with Gasteiger partial charge in [0.25, 0.3) is 5.91 Å². The highest BCUT2D eigenvalue weighted by atomic mass is 16.5. The van der Waals surface area contributed by atoms with Gasteiger partial charge in [0.05, 0.1) is 45.4 Å². The van der Waals surface area contributed by atoms with Gasteiger partial charge in [0, 0.05) is 6.54 Å². The minimum atomic E-state index is -0.737. The average Bonchev–Trinajstić information content (AvgIpc) is 3.19. The summed E-state index contributed by atoms with van der Waals surface area (Å²) in [5.74, 6) is 1.63. The van der Waals surface area contributed by atoms with Gasteiger partial charge in [0.1, 0.15) is 11.3 Å². The van der Waals surface area contributed by atoms with Crippen molar-refractivity contribution in [3.05, 3.63) is 92.8 Å². The van der Waals surface area contributed by atoms with E-state index in [1.807, 2.05) is 37.3 Å². The van der Waals surface area contributed by atoms with Gasteiger partial charge in [-0.15, -0.1) is 0 Å². The molecule has 1 aromatic heterocycles. The highest BCUT2D eigenvalue weighted by molar-refractivity contribution is 5.99. The molecule has 1 aliphatic heterocycles. The summed E-state index contributed by atoms with van der Waals surface area (Å²) in [6, 6.07) is 15.6. The third kappa shape index (κ3) is 4.04. The van der Waals surface area contributed by atoms with E-state index in [-0.39, 0.29) is 29.2 Å². The van der Waals surface area contributed by atoms with Crippen molar-refractivity contribution in [2.75, 3.05) is 28.4 Å². The fraction of sp³-hybridized carbons (Fsp3) is 0.241. The molecule has 0 saturated carbocycles. The van der Waals surface area contributed by atoms with Crippen molar-refractivity contribution >= 4 is 16.9 Å². The predicted molar refractivity (Wildman–Crippen MR) is 138 cm³/mol. The van der Waals surface area contributed by atoms with Gasteiger partial charge in [0.2, 0.25) is 11.5 Å². The first-order chi connectivity index (χ1) is 17.9. The van der Waals surface area contributed by atoms with E-state index in [4.69, 9.17) is 23.4 Å². The largest absolute Gasteiger partial charge is 0.497 e. The highest BCUT2D eigenvalue weighted by Crippen LogP contribution is 2.45.